The summed E-state index contributed by atoms with van der Waals surface area (Å²) in [6, 6.07) is 15.6. The lowest BCUT2D eigenvalue weighted by Crippen LogP contribution is -2.13. The van der Waals surface area contributed by atoms with Gasteiger partial charge in [-0.15, -0.1) is 0 Å². The molecule has 6 heteroatoms. The number of aromatic nitrogens is 3. The van der Waals surface area contributed by atoms with Crippen LogP contribution in [0.4, 0.5) is 5.69 Å². The average Bonchev–Trinajstić information content (AvgIpc) is 3.11. The molecule has 0 aliphatic heterocycles. The van der Waals surface area contributed by atoms with E-state index in [4.69, 9.17) is 10.5 Å². The van der Waals surface area contributed by atoms with Crippen molar-refractivity contribution in [2.75, 3.05) is 19.0 Å². The van der Waals surface area contributed by atoms with E-state index in [2.05, 4.69) is 27.4 Å². The van der Waals surface area contributed by atoms with E-state index in [1.165, 1.54) is 5.56 Å². The molecule has 0 aliphatic rings. The summed E-state index contributed by atoms with van der Waals surface area (Å²) in [5.74, 6) is 2.25. The minimum atomic E-state index is -0.322. The van der Waals surface area contributed by atoms with Gasteiger partial charge < -0.3 is 15.8 Å². The van der Waals surface area contributed by atoms with Crippen LogP contribution >= 0.6 is 0 Å². The maximum absolute atomic E-state index is 6.26. The molecule has 0 bridgehead atoms. The fourth-order valence-electron chi connectivity index (χ4n) is 2.54. The molecule has 0 fully saturated rings. The third kappa shape index (κ3) is 4.36. The quantitative estimate of drug-likeness (QED) is 0.617. The van der Waals surface area contributed by atoms with Crippen LogP contribution in [0.25, 0.3) is 0 Å². The minimum absolute atomic E-state index is 0.322. The van der Waals surface area contributed by atoms with Gasteiger partial charge in [-0.3, -0.25) is 5.10 Å². The molecule has 0 spiro atoms. The summed E-state index contributed by atoms with van der Waals surface area (Å²) in [4.78, 5) is 4.52. The summed E-state index contributed by atoms with van der Waals surface area (Å²) in [5, 5.41) is 10.6. The van der Waals surface area contributed by atoms with Crippen molar-refractivity contribution in [2.45, 2.75) is 19.4 Å². The van der Waals surface area contributed by atoms with Crippen LogP contribution in [-0.2, 0) is 6.42 Å². The number of nitrogens with two attached hydrogens (primary N) is 1. The van der Waals surface area contributed by atoms with Crippen molar-refractivity contribution in [1.29, 1.82) is 0 Å². The number of ether oxygens (including phenoxy) is 1. The molecule has 2 aromatic carbocycles. The highest BCUT2D eigenvalue weighted by Gasteiger charge is 2.14. The summed E-state index contributed by atoms with van der Waals surface area (Å²) in [6.45, 7) is 2.79. The fraction of sp³-hybridized carbons (Fsp3) is 0.263. The van der Waals surface area contributed by atoms with E-state index in [0.29, 0.717) is 5.82 Å². The van der Waals surface area contributed by atoms with E-state index in [0.717, 1.165) is 35.8 Å². The van der Waals surface area contributed by atoms with Crippen LogP contribution < -0.4 is 15.8 Å². The number of nitrogens with zero attached hydrogens (tertiary/aromatic N) is 2. The van der Waals surface area contributed by atoms with Crippen LogP contribution in [0.5, 0.6) is 5.75 Å². The second kappa shape index (κ2) is 7.81. The first-order chi connectivity index (χ1) is 12.2. The number of methoxy groups -OCH3 is 1. The van der Waals surface area contributed by atoms with Gasteiger partial charge in [0.1, 0.15) is 11.6 Å². The zero-order valence-electron chi connectivity index (χ0n) is 14.5. The van der Waals surface area contributed by atoms with E-state index >= 15 is 0 Å². The van der Waals surface area contributed by atoms with Gasteiger partial charge in [0.2, 0.25) is 0 Å². The number of hydrogen-bond donors (Lipinski definition) is 3. The van der Waals surface area contributed by atoms with Crippen LogP contribution in [-0.4, -0.2) is 28.8 Å². The molecule has 1 atom stereocenters. The highest BCUT2D eigenvalue weighted by molar-refractivity contribution is 5.48. The summed E-state index contributed by atoms with van der Waals surface area (Å²) in [7, 11) is 1.66. The summed E-state index contributed by atoms with van der Waals surface area (Å²) in [6.07, 6.45) is 0.727. The molecular formula is C19H23N5O. The molecule has 0 unspecified atom stereocenters. The number of anilines is 1. The lowest BCUT2D eigenvalue weighted by molar-refractivity contribution is 0.415. The standard InChI is InChI=1S/C19H23N5O/c1-13-6-8-14(9-7-13)18(20)19-22-17(23-24-19)10-11-21-15-4-3-5-16(12-15)25-2/h3-9,12,18,21H,10-11,20H2,1-2H3,(H,22,23,24)/t18-/m1/s1. The molecule has 3 aromatic rings. The van der Waals surface area contributed by atoms with Gasteiger partial charge in [0.15, 0.2) is 5.82 Å². The fourth-order valence-corrected chi connectivity index (χ4v) is 2.54. The third-order valence-corrected chi connectivity index (χ3v) is 4.02. The van der Waals surface area contributed by atoms with Crippen molar-refractivity contribution >= 4 is 5.69 Å². The van der Waals surface area contributed by atoms with E-state index in [-0.39, 0.29) is 6.04 Å². The highest BCUT2D eigenvalue weighted by Crippen LogP contribution is 2.18. The van der Waals surface area contributed by atoms with Crippen LogP contribution in [0.3, 0.4) is 0 Å². The molecule has 0 radical (unpaired) electrons. The molecular weight excluding hydrogens is 314 g/mol. The summed E-state index contributed by atoms with van der Waals surface area (Å²) < 4.78 is 5.22. The average molecular weight is 337 g/mol. The molecule has 6 nitrogen and oxygen atoms in total. The van der Waals surface area contributed by atoms with Crippen LogP contribution in [0.2, 0.25) is 0 Å². The summed E-state index contributed by atoms with van der Waals surface area (Å²) >= 11 is 0. The van der Waals surface area contributed by atoms with Crippen LogP contribution in [0.15, 0.2) is 48.5 Å². The van der Waals surface area contributed by atoms with Crippen molar-refractivity contribution in [3.8, 4) is 5.75 Å². The molecule has 25 heavy (non-hydrogen) atoms. The lowest BCUT2D eigenvalue weighted by Gasteiger charge is -2.08. The molecule has 1 aromatic heterocycles. The molecule has 4 N–H and O–H groups in total. The van der Waals surface area contributed by atoms with Crippen LogP contribution in [0.1, 0.15) is 28.8 Å². The predicted molar refractivity (Wildman–Crippen MR) is 98.8 cm³/mol. The molecule has 0 saturated carbocycles. The Balaban J connectivity index is 1.57. The van der Waals surface area contributed by atoms with Gasteiger partial charge in [0.25, 0.3) is 0 Å². The number of rotatable bonds is 7. The van der Waals surface area contributed by atoms with Crippen LogP contribution in [0, 0.1) is 6.92 Å². The number of aromatic amines is 1. The Morgan fingerprint density at radius 3 is 2.76 bits per heavy atom. The normalized spacial score (nSPS) is 12.0. The van der Waals surface area contributed by atoms with Gasteiger partial charge >= 0.3 is 0 Å². The topological polar surface area (TPSA) is 88.8 Å². The van der Waals surface area contributed by atoms with Gasteiger partial charge in [-0.05, 0) is 24.6 Å². The Hall–Kier alpha value is -2.86. The zero-order valence-corrected chi connectivity index (χ0v) is 14.5. The number of H-pyrrole nitrogens is 1. The molecule has 1 heterocycles. The van der Waals surface area contributed by atoms with E-state index in [1.807, 2.05) is 48.5 Å². The zero-order chi connectivity index (χ0) is 17.6. The Morgan fingerprint density at radius 1 is 1.20 bits per heavy atom. The first-order valence-corrected chi connectivity index (χ1v) is 8.27. The van der Waals surface area contributed by atoms with Gasteiger partial charge in [0.05, 0.1) is 13.2 Å². The largest absolute Gasteiger partial charge is 0.497 e. The maximum atomic E-state index is 6.26. The monoisotopic (exact) mass is 337 g/mol. The van der Waals surface area contributed by atoms with Crippen molar-refractivity contribution in [3.05, 3.63) is 71.3 Å². The number of aryl methyl sites for hydroxylation is 1. The molecule has 0 aliphatic carbocycles. The van der Waals surface area contributed by atoms with Crippen molar-refractivity contribution in [2.24, 2.45) is 5.73 Å². The maximum Gasteiger partial charge on any atom is 0.171 e. The smallest absolute Gasteiger partial charge is 0.171 e. The Labute approximate surface area is 147 Å². The van der Waals surface area contributed by atoms with Gasteiger partial charge in [0, 0.05) is 24.7 Å². The van der Waals surface area contributed by atoms with E-state index in [9.17, 15) is 0 Å². The second-order valence-corrected chi connectivity index (χ2v) is 5.94. The van der Waals surface area contributed by atoms with E-state index < -0.39 is 0 Å². The van der Waals surface area contributed by atoms with Gasteiger partial charge in [-0.1, -0.05) is 35.9 Å². The van der Waals surface area contributed by atoms with Gasteiger partial charge in [-0.2, -0.15) is 5.10 Å². The Bertz CT molecular complexity index is 813. The van der Waals surface area contributed by atoms with Crippen molar-refractivity contribution in [3.63, 3.8) is 0 Å². The third-order valence-electron chi connectivity index (χ3n) is 4.02. The second-order valence-electron chi connectivity index (χ2n) is 5.94. The molecule has 130 valence electrons. The molecule has 0 amide bonds. The lowest BCUT2D eigenvalue weighted by atomic mass is 10.1. The Kier molecular flexibility index (Phi) is 5.30. The molecule has 0 saturated heterocycles. The van der Waals surface area contributed by atoms with Gasteiger partial charge in [-0.25, -0.2) is 4.98 Å². The first kappa shape index (κ1) is 17.0. The number of nitrogens with one attached hydrogen (secondary N) is 2. The number of hydrogen-bond acceptors (Lipinski definition) is 5. The minimum Gasteiger partial charge on any atom is -0.497 e. The van der Waals surface area contributed by atoms with Crippen molar-refractivity contribution in [1.82, 2.24) is 15.2 Å². The predicted octanol–water partition coefficient (Wildman–Crippen LogP) is 2.82. The Morgan fingerprint density at radius 2 is 2.00 bits per heavy atom. The summed E-state index contributed by atoms with van der Waals surface area (Å²) in [5.41, 5.74) is 9.48. The van der Waals surface area contributed by atoms with E-state index in [1.54, 1.807) is 7.11 Å². The SMILES string of the molecule is COc1cccc(NCCc2nc([C@H](N)c3ccc(C)cc3)n[nH]2)c1. The number of benzene rings is 2. The van der Waals surface area contributed by atoms with Crippen molar-refractivity contribution < 1.29 is 4.74 Å². The molecule has 3 rings (SSSR count). The first-order valence-electron chi connectivity index (χ1n) is 8.27. The highest BCUT2D eigenvalue weighted by atomic mass is 16.5.